The third kappa shape index (κ3) is 5.35. The Kier molecular flexibility index (Phi) is 8.36. The van der Waals surface area contributed by atoms with Crippen LogP contribution < -0.4 is 14.8 Å². The number of carbonyl (C=O) groups excluding carboxylic acids is 3. The number of carboxylic acid groups (broad SMARTS) is 2. The van der Waals surface area contributed by atoms with E-state index in [-0.39, 0.29) is 24.5 Å². The van der Waals surface area contributed by atoms with Crippen LogP contribution in [-0.2, 0) is 37.1 Å². The Morgan fingerprint density at radius 3 is 2.20 bits per heavy atom. The maximum Gasteiger partial charge on any atom is 0.337 e. The van der Waals surface area contributed by atoms with Gasteiger partial charge in [-0.05, 0) is 29.3 Å². The van der Waals surface area contributed by atoms with Crippen molar-refractivity contribution in [3.05, 3.63) is 95.1 Å². The molecule has 0 aliphatic carbocycles. The second kappa shape index (κ2) is 12.2. The van der Waals surface area contributed by atoms with Gasteiger partial charge in [-0.3, -0.25) is 29.4 Å². The zero-order chi connectivity index (χ0) is 31.6. The van der Waals surface area contributed by atoms with Crippen LogP contribution in [-0.4, -0.2) is 64.6 Å². The summed E-state index contributed by atoms with van der Waals surface area (Å²) in [4.78, 5) is 65.5. The Hall–Kier alpha value is -5.23. The molecule has 2 saturated heterocycles. The van der Waals surface area contributed by atoms with Gasteiger partial charge in [-0.15, -0.1) is 0 Å². The lowest BCUT2D eigenvalue weighted by Gasteiger charge is -2.30. The van der Waals surface area contributed by atoms with E-state index in [0.29, 0.717) is 16.9 Å². The second-order valence-electron chi connectivity index (χ2n) is 10.6. The number of carboxylic acids is 2. The molecule has 3 aromatic rings. The summed E-state index contributed by atoms with van der Waals surface area (Å²) in [7, 11) is 2.68. The monoisotopic (exact) mass is 602 g/mol. The number of hydrogen-bond donors (Lipinski definition) is 3. The molecule has 4 unspecified atom stereocenters. The van der Waals surface area contributed by atoms with E-state index < -0.39 is 59.6 Å². The highest BCUT2D eigenvalue weighted by atomic mass is 16.5. The van der Waals surface area contributed by atoms with E-state index in [1.54, 1.807) is 30.3 Å². The highest BCUT2D eigenvalue weighted by Crippen LogP contribution is 2.53. The summed E-state index contributed by atoms with van der Waals surface area (Å²) in [5.74, 6) is -7.33. The fourth-order valence-corrected chi connectivity index (χ4v) is 6.03. The lowest BCUT2D eigenvalue weighted by molar-refractivity contribution is -0.156. The molecule has 3 N–H and O–H groups in total. The Labute approximate surface area is 252 Å². The maximum atomic E-state index is 14.0. The van der Waals surface area contributed by atoms with Crippen molar-refractivity contribution in [3.63, 3.8) is 0 Å². The molecule has 12 heteroatoms. The van der Waals surface area contributed by atoms with Gasteiger partial charge in [0.15, 0.2) is 11.5 Å². The van der Waals surface area contributed by atoms with Crippen molar-refractivity contribution in [2.45, 2.75) is 31.2 Å². The minimum atomic E-state index is -2.29. The van der Waals surface area contributed by atoms with Gasteiger partial charge in [0.05, 0.1) is 44.6 Å². The average Bonchev–Trinajstić information content (AvgIpc) is 3.49. The fourth-order valence-electron chi connectivity index (χ4n) is 6.03. The van der Waals surface area contributed by atoms with Crippen LogP contribution in [0.4, 0.5) is 0 Å². The van der Waals surface area contributed by atoms with Gasteiger partial charge >= 0.3 is 17.9 Å². The number of fused-ring (bicyclic) bond motifs is 1. The van der Waals surface area contributed by atoms with Crippen LogP contribution in [0.3, 0.4) is 0 Å². The molecule has 0 aromatic heterocycles. The number of hydrogen-bond acceptors (Lipinski definition) is 9. The quantitative estimate of drug-likeness (QED) is 0.218. The van der Waals surface area contributed by atoms with Crippen LogP contribution >= 0.6 is 0 Å². The molecule has 228 valence electrons. The molecule has 4 atom stereocenters. The third-order valence-corrected chi connectivity index (χ3v) is 8.06. The van der Waals surface area contributed by atoms with Crippen LogP contribution in [0.1, 0.15) is 39.5 Å². The van der Waals surface area contributed by atoms with Crippen molar-refractivity contribution in [2.24, 2.45) is 11.8 Å². The van der Waals surface area contributed by atoms with Crippen molar-refractivity contribution < 1.29 is 48.4 Å². The highest BCUT2D eigenvalue weighted by molar-refractivity contribution is 6.10. The van der Waals surface area contributed by atoms with Gasteiger partial charge in [-0.2, -0.15) is 0 Å². The third-order valence-electron chi connectivity index (χ3n) is 8.06. The van der Waals surface area contributed by atoms with E-state index in [9.17, 15) is 34.2 Å². The first-order valence-electron chi connectivity index (χ1n) is 13.7. The highest BCUT2D eigenvalue weighted by Gasteiger charge is 2.69. The molecule has 0 bridgehead atoms. The van der Waals surface area contributed by atoms with Crippen molar-refractivity contribution in [2.75, 3.05) is 14.2 Å². The van der Waals surface area contributed by atoms with Gasteiger partial charge in [0.1, 0.15) is 12.1 Å². The van der Waals surface area contributed by atoms with E-state index >= 15 is 0 Å². The number of benzene rings is 3. The fraction of sp³-hybridized carbons (Fsp3) is 0.281. The number of methoxy groups -OCH3 is 2. The van der Waals surface area contributed by atoms with Crippen molar-refractivity contribution >= 4 is 29.7 Å². The van der Waals surface area contributed by atoms with Crippen LogP contribution in [0.15, 0.2) is 72.8 Å². The minimum absolute atomic E-state index is 0.120. The molecular weight excluding hydrogens is 572 g/mol. The lowest BCUT2D eigenvalue weighted by Crippen LogP contribution is -2.56. The van der Waals surface area contributed by atoms with Gasteiger partial charge in [-0.1, -0.05) is 54.6 Å². The standard InChI is InChI=1S/C32H30N2O10/c1-42-22-10-6-9-21(27(22)44-17-19-7-4-3-5-8-19)26-24-25(32(33-26,31(40)41)15-23(35)36)29(38)34(28(24)37)16-18-11-13-20(14-12-18)30(39)43-2/h3-14,24-26,33H,15-17H2,1-2H3,(H,35,36)(H,40,41). The first kappa shape index (κ1) is 30.2. The number of imide groups is 1. The Morgan fingerprint density at radius 1 is 0.886 bits per heavy atom. The van der Waals surface area contributed by atoms with Crippen LogP contribution in [0, 0.1) is 11.8 Å². The summed E-state index contributed by atoms with van der Waals surface area (Å²) in [6, 6.07) is 19.1. The van der Waals surface area contributed by atoms with Gasteiger partial charge in [0.2, 0.25) is 11.8 Å². The zero-order valence-corrected chi connectivity index (χ0v) is 23.9. The van der Waals surface area contributed by atoms with Gasteiger partial charge < -0.3 is 24.4 Å². The number of carbonyl (C=O) groups is 5. The first-order valence-corrected chi connectivity index (χ1v) is 13.7. The Bertz CT molecular complexity index is 1610. The molecule has 0 spiro atoms. The van der Waals surface area contributed by atoms with E-state index in [1.165, 1.54) is 26.4 Å². The summed E-state index contributed by atoms with van der Waals surface area (Å²) in [5.41, 5.74) is -0.352. The molecular formula is C32H30N2O10. The lowest BCUT2D eigenvalue weighted by atomic mass is 9.77. The largest absolute Gasteiger partial charge is 0.493 e. The number of likely N-dealkylation sites (tertiary alicyclic amines) is 1. The number of nitrogens with zero attached hydrogens (tertiary/aromatic N) is 1. The molecule has 3 aromatic carbocycles. The van der Waals surface area contributed by atoms with E-state index in [1.807, 2.05) is 30.3 Å². The molecule has 12 nitrogen and oxygen atoms in total. The summed E-state index contributed by atoms with van der Waals surface area (Å²) in [6.07, 6.45) is -0.954. The predicted molar refractivity (Wildman–Crippen MR) is 153 cm³/mol. The van der Waals surface area contributed by atoms with Crippen molar-refractivity contribution in [3.8, 4) is 11.5 Å². The molecule has 0 radical (unpaired) electrons. The molecule has 0 saturated carbocycles. The van der Waals surface area contributed by atoms with Crippen molar-refractivity contribution in [1.29, 1.82) is 0 Å². The minimum Gasteiger partial charge on any atom is -0.493 e. The van der Waals surface area contributed by atoms with Gasteiger partial charge in [0.25, 0.3) is 0 Å². The average molecular weight is 603 g/mol. The van der Waals surface area contributed by atoms with Gasteiger partial charge in [0, 0.05) is 11.6 Å². The number of rotatable bonds is 11. The molecule has 2 fully saturated rings. The van der Waals surface area contributed by atoms with Gasteiger partial charge in [-0.25, -0.2) is 4.79 Å². The predicted octanol–water partition coefficient (Wildman–Crippen LogP) is 2.80. The summed E-state index contributed by atoms with van der Waals surface area (Å²) in [6.45, 7) is -0.0914. The number of amides is 2. The summed E-state index contributed by atoms with van der Waals surface area (Å²) >= 11 is 0. The number of esters is 1. The molecule has 2 heterocycles. The van der Waals surface area contributed by atoms with E-state index in [0.717, 1.165) is 10.5 Å². The normalized spacial score (nSPS) is 22.4. The Morgan fingerprint density at radius 2 is 1.59 bits per heavy atom. The molecule has 2 amide bonds. The zero-order valence-electron chi connectivity index (χ0n) is 23.9. The smallest absolute Gasteiger partial charge is 0.337 e. The van der Waals surface area contributed by atoms with Crippen LogP contribution in [0.25, 0.3) is 0 Å². The Balaban J connectivity index is 1.56. The van der Waals surface area contributed by atoms with E-state index in [2.05, 4.69) is 5.32 Å². The summed E-state index contributed by atoms with van der Waals surface area (Å²) < 4.78 is 16.4. The number of ether oxygens (including phenoxy) is 3. The topological polar surface area (TPSA) is 169 Å². The molecule has 5 rings (SSSR count). The number of nitrogens with one attached hydrogen (secondary N) is 1. The first-order chi connectivity index (χ1) is 21.1. The summed E-state index contributed by atoms with van der Waals surface area (Å²) in [5, 5.41) is 23.1. The maximum absolute atomic E-state index is 14.0. The second-order valence-corrected chi connectivity index (χ2v) is 10.6. The number of aliphatic carboxylic acids is 2. The van der Waals surface area contributed by atoms with Crippen LogP contribution in [0.2, 0.25) is 0 Å². The SMILES string of the molecule is COC(=O)c1ccc(CN2C(=O)C3C(c4cccc(OC)c4OCc4ccccc4)NC(CC(=O)O)(C(=O)O)C3C2=O)cc1. The molecule has 2 aliphatic rings. The van der Waals surface area contributed by atoms with Crippen LogP contribution in [0.5, 0.6) is 11.5 Å². The van der Waals surface area contributed by atoms with E-state index in [4.69, 9.17) is 14.2 Å². The van der Waals surface area contributed by atoms with Crippen molar-refractivity contribution in [1.82, 2.24) is 10.2 Å². The molecule has 2 aliphatic heterocycles. The number of para-hydroxylation sites is 1. The molecule has 44 heavy (non-hydrogen) atoms.